The third-order valence-corrected chi connectivity index (χ3v) is 5.18. The van der Waals surface area contributed by atoms with Crippen LogP contribution >= 0.6 is 0 Å². The van der Waals surface area contributed by atoms with Crippen molar-refractivity contribution in [2.45, 2.75) is 19.8 Å². The first kappa shape index (κ1) is 17.3. The van der Waals surface area contributed by atoms with E-state index in [1.165, 1.54) is 10.5 Å². The average Bonchev–Trinajstić information content (AvgIpc) is 2.93. The highest BCUT2D eigenvalue weighted by molar-refractivity contribution is 6.36. The van der Waals surface area contributed by atoms with E-state index < -0.39 is 0 Å². The van der Waals surface area contributed by atoms with Gasteiger partial charge in [-0.1, -0.05) is 54.1 Å². The molecular formula is C23H22N2O2. The fraction of sp³-hybridized carbons (Fsp3) is 0.217. The Morgan fingerprint density at radius 3 is 2.52 bits per heavy atom. The molecule has 2 amide bonds. The van der Waals surface area contributed by atoms with E-state index in [0.717, 1.165) is 36.2 Å². The Balaban J connectivity index is 1.90. The summed E-state index contributed by atoms with van der Waals surface area (Å²) in [4.78, 5) is 29.7. The molecule has 136 valence electrons. The molecule has 0 saturated heterocycles. The van der Waals surface area contributed by atoms with Crippen LogP contribution in [-0.2, 0) is 16.0 Å². The summed E-state index contributed by atoms with van der Waals surface area (Å²) in [6.45, 7) is 6.64. The number of carbonyl (C=O) groups is 2. The van der Waals surface area contributed by atoms with E-state index in [0.29, 0.717) is 11.3 Å². The number of hydrogen-bond donors (Lipinski definition) is 0. The molecule has 4 heteroatoms. The zero-order valence-electron chi connectivity index (χ0n) is 15.4. The lowest BCUT2D eigenvalue weighted by Gasteiger charge is -2.32. The zero-order chi connectivity index (χ0) is 19.0. The largest absolute Gasteiger partial charge is 0.336 e. The summed E-state index contributed by atoms with van der Waals surface area (Å²) in [6.07, 6.45) is 3.53. The highest BCUT2D eigenvalue weighted by Crippen LogP contribution is 2.37. The van der Waals surface area contributed by atoms with Crippen molar-refractivity contribution in [1.29, 1.82) is 0 Å². The fourth-order valence-corrected chi connectivity index (χ4v) is 3.85. The molecule has 0 atom stereocenters. The van der Waals surface area contributed by atoms with Crippen molar-refractivity contribution < 1.29 is 9.59 Å². The standard InChI is InChI=1S/C23H22N2O2/c1-3-14-25-22(26)20(18-12-10-16(2)11-13-18)21(23(25)27)24-15-6-8-17-7-4-5-9-19(17)24/h3-5,7,9-13H,1,6,8,14-15H2,2H3. The molecule has 0 aliphatic carbocycles. The number of carbonyl (C=O) groups excluding carboxylic acids is 2. The Morgan fingerprint density at radius 2 is 1.78 bits per heavy atom. The summed E-state index contributed by atoms with van der Waals surface area (Å²) in [6, 6.07) is 15.9. The summed E-state index contributed by atoms with van der Waals surface area (Å²) >= 11 is 0. The minimum Gasteiger partial charge on any atom is -0.336 e. The smallest absolute Gasteiger partial charge is 0.278 e. The molecule has 27 heavy (non-hydrogen) atoms. The lowest BCUT2D eigenvalue weighted by molar-refractivity contribution is -0.136. The van der Waals surface area contributed by atoms with Gasteiger partial charge in [0, 0.05) is 18.8 Å². The second-order valence-corrected chi connectivity index (χ2v) is 6.98. The first-order valence-electron chi connectivity index (χ1n) is 9.25. The molecule has 0 radical (unpaired) electrons. The second kappa shape index (κ2) is 6.88. The van der Waals surface area contributed by atoms with Crippen LogP contribution in [0.4, 0.5) is 5.69 Å². The maximum absolute atomic E-state index is 13.2. The Morgan fingerprint density at radius 1 is 1.04 bits per heavy atom. The summed E-state index contributed by atoms with van der Waals surface area (Å²) in [5, 5.41) is 0. The molecule has 0 saturated carbocycles. The van der Waals surface area contributed by atoms with Gasteiger partial charge in [0.1, 0.15) is 5.70 Å². The van der Waals surface area contributed by atoms with E-state index in [-0.39, 0.29) is 18.4 Å². The third-order valence-electron chi connectivity index (χ3n) is 5.18. The minimum atomic E-state index is -0.248. The highest BCUT2D eigenvalue weighted by atomic mass is 16.2. The van der Waals surface area contributed by atoms with Crippen LogP contribution in [0.5, 0.6) is 0 Å². The van der Waals surface area contributed by atoms with E-state index in [4.69, 9.17) is 0 Å². The van der Waals surface area contributed by atoms with Gasteiger partial charge in [-0.15, -0.1) is 6.58 Å². The number of nitrogens with zero attached hydrogens (tertiary/aromatic N) is 2. The minimum absolute atomic E-state index is 0.214. The van der Waals surface area contributed by atoms with Crippen molar-refractivity contribution in [3.05, 3.63) is 83.6 Å². The number of fused-ring (bicyclic) bond motifs is 1. The predicted molar refractivity (Wildman–Crippen MR) is 107 cm³/mol. The van der Waals surface area contributed by atoms with Gasteiger partial charge in [0.05, 0.1) is 5.57 Å². The molecule has 0 aromatic heterocycles. The van der Waals surface area contributed by atoms with Crippen LogP contribution < -0.4 is 4.90 Å². The van der Waals surface area contributed by atoms with Crippen LogP contribution in [0.3, 0.4) is 0 Å². The molecule has 2 heterocycles. The Hall–Kier alpha value is -3.14. The van der Waals surface area contributed by atoms with Gasteiger partial charge in [0.25, 0.3) is 11.8 Å². The lowest BCUT2D eigenvalue weighted by atomic mass is 9.98. The van der Waals surface area contributed by atoms with Crippen LogP contribution in [0.2, 0.25) is 0 Å². The predicted octanol–water partition coefficient (Wildman–Crippen LogP) is 3.71. The Bertz CT molecular complexity index is 957. The molecule has 4 rings (SSSR count). The molecule has 2 aliphatic heterocycles. The van der Waals surface area contributed by atoms with Gasteiger partial charge in [0.15, 0.2) is 0 Å². The molecule has 2 aliphatic rings. The maximum Gasteiger partial charge on any atom is 0.278 e. The highest BCUT2D eigenvalue weighted by Gasteiger charge is 2.42. The monoisotopic (exact) mass is 358 g/mol. The van der Waals surface area contributed by atoms with E-state index in [1.54, 1.807) is 6.08 Å². The Kier molecular flexibility index (Phi) is 4.40. The third kappa shape index (κ3) is 2.87. The number of hydrogen-bond acceptors (Lipinski definition) is 3. The number of anilines is 1. The molecule has 0 unspecified atom stereocenters. The molecule has 0 spiro atoms. The molecule has 0 fully saturated rings. The fourth-order valence-electron chi connectivity index (χ4n) is 3.85. The van der Waals surface area contributed by atoms with Crippen molar-refractivity contribution in [2.75, 3.05) is 18.0 Å². The van der Waals surface area contributed by atoms with Crippen molar-refractivity contribution in [1.82, 2.24) is 4.90 Å². The van der Waals surface area contributed by atoms with Crippen molar-refractivity contribution in [2.24, 2.45) is 0 Å². The van der Waals surface area contributed by atoms with E-state index in [9.17, 15) is 9.59 Å². The van der Waals surface area contributed by atoms with Gasteiger partial charge in [-0.25, -0.2) is 0 Å². The quantitative estimate of drug-likeness (QED) is 0.618. The van der Waals surface area contributed by atoms with Gasteiger partial charge in [-0.2, -0.15) is 0 Å². The molecular weight excluding hydrogens is 336 g/mol. The molecule has 0 bridgehead atoms. The Labute approximate surface area is 159 Å². The summed E-state index contributed by atoms with van der Waals surface area (Å²) in [5.74, 6) is -0.492. The number of benzene rings is 2. The maximum atomic E-state index is 13.2. The van der Waals surface area contributed by atoms with Gasteiger partial charge in [0.2, 0.25) is 0 Å². The van der Waals surface area contributed by atoms with Gasteiger partial charge < -0.3 is 4.90 Å². The summed E-state index contributed by atoms with van der Waals surface area (Å²) in [7, 11) is 0. The number of imide groups is 1. The molecule has 2 aromatic carbocycles. The SMILES string of the molecule is C=CCN1C(=O)C(c2ccc(C)cc2)=C(N2CCCc3ccccc32)C1=O. The van der Waals surface area contributed by atoms with Crippen LogP contribution in [-0.4, -0.2) is 29.8 Å². The number of amides is 2. The summed E-state index contributed by atoms with van der Waals surface area (Å²) < 4.78 is 0. The first-order valence-corrected chi connectivity index (χ1v) is 9.25. The number of aryl methyl sites for hydroxylation is 2. The molecule has 4 nitrogen and oxygen atoms in total. The van der Waals surface area contributed by atoms with E-state index in [1.807, 2.05) is 54.3 Å². The van der Waals surface area contributed by atoms with Crippen molar-refractivity contribution in [3.63, 3.8) is 0 Å². The van der Waals surface area contributed by atoms with Gasteiger partial charge in [-0.3, -0.25) is 14.5 Å². The van der Waals surface area contributed by atoms with Gasteiger partial charge >= 0.3 is 0 Å². The van der Waals surface area contributed by atoms with Crippen LogP contribution in [0.1, 0.15) is 23.1 Å². The van der Waals surface area contributed by atoms with Crippen LogP contribution in [0.15, 0.2) is 66.9 Å². The zero-order valence-corrected chi connectivity index (χ0v) is 15.4. The lowest BCUT2D eigenvalue weighted by Crippen LogP contribution is -2.37. The summed E-state index contributed by atoms with van der Waals surface area (Å²) in [5.41, 5.74) is 5.09. The topological polar surface area (TPSA) is 40.6 Å². The number of rotatable bonds is 4. The van der Waals surface area contributed by atoms with Gasteiger partial charge in [-0.05, 0) is 37.0 Å². The van der Waals surface area contributed by atoms with Crippen molar-refractivity contribution >= 4 is 23.1 Å². The van der Waals surface area contributed by atoms with Crippen LogP contribution in [0.25, 0.3) is 5.57 Å². The van der Waals surface area contributed by atoms with E-state index in [2.05, 4.69) is 12.6 Å². The molecule has 2 aromatic rings. The second-order valence-electron chi connectivity index (χ2n) is 6.98. The van der Waals surface area contributed by atoms with Crippen LogP contribution in [0, 0.1) is 6.92 Å². The van der Waals surface area contributed by atoms with Crippen molar-refractivity contribution in [3.8, 4) is 0 Å². The number of para-hydroxylation sites is 1. The first-order chi connectivity index (χ1) is 13.1. The average molecular weight is 358 g/mol. The molecule has 0 N–H and O–H groups in total. The van der Waals surface area contributed by atoms with E-state index >= 15 is 0 Å². The normalized spacial score (nSPS) is 16.8.